The molecule has 2 aromatic carbocycles. The summed E-state index contributed by atoms with van der Waals surface area (Å²) in [5.74, 6) is 0.849. The second-order valence-electron chi connectivity index (χ2n) is 7.60. The molecule has 31 heavy (non-hydrogen) atoms. The van der Waals surface area contributed by atoms with Gasteiger partial charge in [0.15, 0.2) is 17.3 Å². The van der Waals surface area contributed by atoms with E-state index in [-0.39, 0.29) is 25.7 Å². The Bertz CT molecular complexity index is 1140. The number of rotatable bonds is 5. The van der Waals surface area contributed by atoms with Crippen LogP contribution in [0.5, 0.6) is 11.5 Å². The van der Waals surface area contributed by atoms with Crippen LogP contribution in [-0.4, -0.2) is 30.4 Å². The Hall–Kier alpha value is -3.81. The van der Waals surface area contributed by atoms with Crippen LogP contribution < -0.4 is 14.4 Å². The van der Waals surface area contributed by atoms with E-state index in [4.69, 9.17) is 18.7 Å². The lowest BCUT2D eigenvalue weighted by atomic mass is 10.1. The molecular formula is C23H20N2O6. The average Bonchev–Trinajstić information content (AvgIpc) is 3.51. The number of amides is 1. The second kappa shape index (κ2) is 7.79. The van der Waals surface area contributed by atoms with Gasteiger partial charge >= 0.3 is 5.97 Å². The number of aromatic nitrogens is 1. The lowest BCUT2D eigenvalue weighted by Crippen LogP contribution is -2.26. The first-order valence-corrected chi connectivity index (χ1v) is 9.96. The molecule has 0 saturated carbocycles. The van der Waals surface area contributed by atoms with Crippen molar-refractivity contribution >= 4 is 17.6 Å². The minimum atomic E-state index is -0.506. The van der Waals surface area contributed by atoms with Crippen molar-refractivity contribution < 1.29 is 28.3 Å². The van der Waals surface area contributed by atoms with Gasteiger partial charge in [-0.1, -0.05) is 22.9 Å². The molecule has 8 nitrogen and oxygen atoms in total. The molecule has 2 aliphatic rings. The quantitative estimate of drug-likeness (QED) is 0.584. The standard InChI is InChI=1S/C23H20N2O6/c1-14-2-5-18(6-3-14)25-11-16(9-22(25)26)23(27)28-12-17-10-20(31-24-17)15-4-7-19-21(8-15)30-13-29-19/h2-8,10,16H,9,11-13H2,1H3. The number of aryl methyl sites for hydroxylation is 1. The van der Waals surface area contributed by atoms with Crippen LogP contribution in [0.3, 0.4) is 0 Å². The van der Waals surface area contributed by atoms with E-state index in [0.717, 1.165) is 16.8 Å². The van der Waals surface area contributed by atoms with Crippen LogP contribution in [0.15, 0.2) is 53.1 Å². The highest BCUT2D eigenvalue weighted by molar-refractivity contribution is 5.99. The van der Waals surface area contributed by atoms with Crippen molar-refractivity contribution in [3.63, 3.8) is 0 Å². The van der Waals surface area contributed by atoms with Crippen molar-refractivity contribution in [3.8, 4) is 22.8 Å². The Kier molecular flexibility index (Phi) is 4.82. The zero-order valence-electron chi connectivity index (χ0n) is 16.9. The smallest absolute Gasteiger partial charge is 0.311 e. The summed E-state index contributed by atoms with van der Waals surface area (Å²) in [5, 5.41) is 3.97. The highest BCUT2D eigenvalue weighted by Crippen LogP contribution is 2.36. The molecule has 0 bridgehead atoms. The van der Waals surface area contributed by atoms with E-state index in [1.807, 2.05) is 43.3 Å². The fraction of sp³-hybridized carbons (Fsp3) is 0.261. The molecule has 1 atom stereocenters. The molecule has 158 valence electrons. The van der Waals surface area contributed by atoms with Gasteiger partial charge in [0.05, 0.1) is 5.92 Å². The zero-order valence-corrected chi connectivity index (χ0v) is 16.9. The van der Waals surface area contributed by atoms with Crippen LogP contribution in [-0.2, 0) is 20.9 Å². The summed E-state index contributed by atoms with van der Waals surface area (Å²) in [6, 6.07) is 14.8. The van der Waals surface area contributed by atoms with E-state index in [9.17, 15) is 9.59 Å². The number of ether oxygens (including phenoxy) is 3. The maximum atomic E-state index is 12.5. The summed E-state index contributed by atoms with van der Waals surface area (Å²) in [6.45, 7) is 2.46. The van der Waals surface area contributed by atoms with Crippen LogP contribution in [0.1, 0.15) is 17.7 Å². The van der Waals surface area contributed by atoms with Gasteiger partial charge in [-0.25, -0.2) is 0 Å². The van der Waals surface area contributed by atoms with Gasteiger partial charge in [0.2, 0.25) is 12.7 Å². The van der Waals surface area contributed by atoms with Crippen molar-refractivity contribution in [1.82, 2.24) is 5.16 Å². The number of nitrogens with zero attached hydrogens (tertiary/aromatic N) is 2. The van der Waals surface area contributed by atoms with Crippen LogP contribution in [0, 0.1) is 12.8 Å². The van der Waals surface area contributed by atoms with Crippen LogP contribution in [0.25, 0.3) is 11.3 Å². The SMILES string of the molecule is Cc1ccc(N2CC(C(=O)OCc3cc(-c4ccc5c(c4)OCO5)on3)CC2=O)cc1. The normalized spacial score (nSPS) is 17.3. The summed E-state index contributed by atoms with van der Waals surface area (Å²) in [6.07, 6.45) is 0.133. The largest absolute Gasteiger partial charge is 0.459 e. The van der Waals surface area contributed by atoms with Gasteiger partial charge < -0.3 is 23.6 Å². The van der Waals surface area contributed by atoms with E-state index in [2.05, 4.69) is 5.16 Å². The lowest BCUT2D eigenvalue weighted by molar-refractivity contribution is -0.149. The van der Waals surface area contributed by atoms with Crippen molar-refractivity contribution in [2.45, 2.75) is 20.0 Å². The molecule has 0 spiro atoms. The van der Waals surface area contributed by atoms with Crippen molar-refractivity contribution in [2.24, 2.45) is 5.92 Å². The highest BCUT2D eigenvalue weighted by atomic mass is 16.7. The Labute approximate surface area is 178 Å². The summed E-state index contributed by atoms with van der Waals surface area (Å²) in [4.78, 5) is 26.5. The number of carbonyl (C=O) groups is 2. The van der Waals surface area contributed by atoms with Crippen LogP contribution in [0.2, 0.25) is 0 Å². The first-order valence-electron chi connectivity index (χ1n) is 9.96. The minimum absolute atomic E-state index is 0.0257. The van der Waals surface area contributed by atoms with Gasteiger partial charge in [-0.05, 0) is 37.3 Å². The third kappa shape index (κ3) is 3.84. The molecule has 3 aromatic rings. The Balaban J connectivity index is 1.19. The maximum Gasteiger partial charge on any atom is 0.311 e. The second-order valence-corrected chi connectivity index (χ2v) is 7.60. The van der Waals surface area contributed by atoms with Gasteiger partial charge in [0.25, 0.3) is 0 Å². The monoisotopic (exact) mass is 420 g/mol. The highest BCUT2D eigenvalue weighted by Gasteiger charge is 2.36. The Morgan fingerprint density at radius 1 is 1.13 bits per heavy atom. The number of hydrogen-bond acceptors (Lipinski definition) is 7. The lowest BCUT2D eigenvalue weighted by Gasteiger charge is -2.16. The number of anilines is 1. The number of hydrogen-bond donors (Lipinski definition) is 0. The van der Waals surface area contributed by atoms with Gasteiger partial charge in [-0.3, -0.25) is 9.59 Å². The molecule has 5 rings (SSSR count). The topological polar surface area (TPSA) is 91.1 Å². The fourth-order valence-electron chi connectivity index (χ4n) is 3.67. The number of esters is 1. The summed E-state index contributed by atoms with van der Waals surface area (Å²) >= 11 is 0. The van der Waals surface area contributed by atoms with Gasteiger partial charge in [-0.2, -0.15) is 0 Å². The fourth-order valence-corrected chi connectivity index (χ4v) is 3.67. The van der Waals surface area contributed by atoms with E-state index in [1.165, 1.54) is 0 Å². The van der Waals surface area contributed by atoms with Crippen molar-refractivity contribution in [1.29, 1.82) is 0 Å². The Morgan fingerprint density at radius 3 is 2.77 bits per heavy atom. The predicted octanol–water partition coefficient (Wildman–Crippen LogP) is 3.48. The molecule has 3 heterocycles. The molecule has 8 heteroatoms. The van der Waals surface area contributed by atoms with E-state index >= 15 is 0 Å². The molecule has 0 radical (unpaired) electrons. The molecule has 1 fully saturated rings. The van der Waals surface area contributed by atoms with Crippen molar-refractivity contribution in [2.75, 3.05) is 18.2 Å². The molecule has 1 amide bonds. The van der Waals surface area contributed by atoms with Gasteiger partial charge in [0.1, 0.15) is 12.3 Å². The van der Waals surface area contributed by atoms with Crippen LogP contribution >= 0.6 is 0 Å². The maximum absolute atomic E-state index is 12.5. The molecule has 2 aliphatic heterocycles. The summed E-state index contributed by atoms with van der Waals surface area (Å²) in [5.41, 5.74) is 3.17. The number of carbonyl (C=O) groups excluding carboxylic acids is 2. The van der Waals surface area contributed by atoms with E-state index < -0.39 is 11.9 Å². The van der Waals surface area contributed by atoms with Crippen molar-refractivity contribution in [3.05, 3.63) is 59.8 Å². The zero-order chi connectivity index (χ0) is 21.4. The average molecular weight is 420 g/mol. The van der Waals surface area contributed by atoms with Gasteiger partial charge in [-0.15, -0.1) is 0 Å². The van der Waals surface area contributed by atoms with E-state index in [1.54, 1.807) is 17.0 Å². The number of fused-ring (bicyclic) bond motifs is 1. The molecule has 0 aliphatic carbocycles. The summed E-state index contributed by atoms with van der Waals surface area (Å²) < 4.78 is 21.4. The first-order chi connectivity index (χ1) is 15.1. The van der Waals surface area contributed by atoms with Gasteiger partial charge in [0, 0.05) is 30.3 Å². The summed E-state index contributed by atoms with van der Waals surface area (Å²) in [7, 11) is 0. The third-order valence-electron chi connectivity index (χ3n) is 5.38. The molecule has 1 aromatic heterocycles. The molecule has 1 saturated heterocycles. The minimum Gasteiger partial charge on any atom is -0.459 e. The number of benzene rings is 2. The first kappa shape index (κ1) is 19.2. The molecular weight excluding hydrogens is 400 g/mol. The molecule has 0 N–H and O–H groups in total. The van der Waals surface area contributed by atoms with Crippen LogP contribution in [0.4, 0.5) is 5.69 Å². The predicted molar refractivity (Wildman–Crippen MR) is 109 cm³/mol. The van der Waals surface area contributed by atoms with E-state index in [0.29, 0.717) is 29.5 Å². The third-order valence-corrected chi connectivity index (χ3v) is 5.38. The molecule has 1 unspecified atom stereocenters. The Morgan fingerprint density at radius 2 is 1.94 bits per heavy atom.